The number of hydrogen-bond acceptors (Lipinski definition) is 5. The minimum atomic E-state index is -0.645. The number of esters is 1. The molecule has 6 nitrogen and oxygen atoms in total. The predicted octanol–water partition coefficient (Wildman–Crippen LogP) is 5.90. The van der Waals surface area contributed by atoms with Gasteiger partial charge in [-0.05, 0) is 48.0 Å². The highest BCUT2D eigenvalue weighted by molar-refractivity contribution is 6.36. The molecular weight excluding hydrogens is 463 g/mol. The van der Waals surface area contributed by atoms with E-state index in [0.717, 1.165) is 5.56 Å². The molecule has 8 heteroatoms. The largest absolute Gasteiger partial charge is 0.487 e. The second-order valence-corrected chi connectivity index (χ2v) is 7.62. The lowest BCUT2D eigenvalue weighted by Gasteiger charge is -2.13. The molecule has 0 aliphatic carbocycles. The number of halogens is 2. The summed E-state index contributed by atoms with van der Waals surface area (Å²) in [6.07, 6.45) is 1.36. The number of rotatable bonds is 7. The van der Waals surface area contributed by atoms with Crippen molar-refractivity contribution < 1.29 is 19.1 Å². The Hall–Kier alpha value is -3.79. The lowest BCUT2D eigenvalue weighted by molar-refractivity contribution is -0.112. The van der Waals surface area contributed by atoms with Crippen molar-refractivity contribution >= 4 is 46.8 Å². The Balaban J connectivity index is 1.84. The first-order chi connectivity index (χ1) is 15.9. The molecule has 0 aliphatic heterocycles. The van der Waals surface area contributed by atoms with Crippen molar-refractivity contribution in [1.82, 2.24) is 0 Å². The number of anilines is 1. The number of nitrogens with zero attached hydrogens (tertiary/aromatic N) is 1. The van der Waals surface area contributed by atoms with Gasteiger partial charge < -0.3 is 14.8 Å². The molecule has 0 spiro atoms. The summed E-state index contributed by atoms with van der Waals surface area (Å²) in [6, 6.07) is 20.5. The normalized spacial score (nSPS) is 10.8. The number of ether oxygens (including phenoxy) is 2. The third-order valence-corrected chi connectivity index (χ3v) is 4.99. The van der Waals surface area contributed by atoms with Gasteiger partial charge >= 0.3 is 5.97 Å². The minimum absolute atomic E-state index is 0.185. The van der Waals surface area contributed by atoms with Gasteiger partial charge in [-0.25, -0.2) is 4.79 Å². The lowest BCUT2D eigenvalue weighted by atomic mass is 10.1. The van der Waals surface area contributed by atoms with Gasteiger partial charge in [-0.2, -0.15) is 5.26 Å². The smallest absolute Gasteiger partial charge is 0.337 e. The fourth-order valence-electron chi connectivity index (χ4n) is 2.88. The minimum Gasteiger partial charge on any atom is -0.487 e. The monoisotopic (exact) mass is 480 g/mol. The Morgan fingerprint density at radius 2 is 1.76 bits per heavy atom. The van der Waals surface area contributed by atoms with Crippen molar-refractivity contribution in [1.29, 1.82) is 5.26 Å². The molecule has 1 N–H and O–H groups in total. The molecule has 1 amide bonds. The van der Waals surface area contributed by atoms with E-state index in [2.05, 4.69) is 10.1 Å². The maximum Gasteiger partial charge on any atom is 0.337 e. The summed E-state index contributed by atoms with van der Waals surface area (Å²) in [5, 5.41) is 12.8. The van der Waals surface area contributed by atoms with Crippen LogP contribution in [0.1, 0.15) is 21.5 Å². The van der Waals surface area contributed by atoms with Crippen molar-refractivity contribution in [2.24, 2.45) is 0 Å². The van der Waals surface area contributed by atoms with Crippen molar-refractivity contribution in [3.8, 4) is 11.8 Å². The van der Waals surface area contributed by atoms with Crippen LogP contribution in [0.2, 0.25) is 10.0 Å². The summed E-state index contributed by atoms with van der Waals surface area (Å²) >= 11 is 12.5. The number of nitriles is 1. The second kappa shape index (κ2) is 11.2. The topological polar surface area (TPSA) is 88.4 Å². The Labute approximate surface area is 201 Å². The zero-order valence-electron chi connectivity index (χ0n) is 17.5. The fourth-order valence-corrected chi connectivity index (χ4v) is 3.44. The second-order valence-electron chi connectivity index (χ2n) is 6.77. The van der Waals surface area contributed by atoms with Crippen LogP contribution in [0.3, 0.4) is 0 Å². The van der Waals surface area contributed by atoms with Crippen molar-refractivity contribution in [2.45, 2.75) is 6.61 Å². The van der Waals surface area contributed by atoms with Gasteiger partial charge in [0.05, 0.1) is 17.7 Å². The molecule has 0 saturated heterocycles. The molecule has 33 heavy (non-hydrogen) atoms. The summed E-state index contributed by atoms with van der Waals surface area (Å²) in [4.78, 5) is 24.2. The van der Waals surface area contributed by atoms with Gasteiger partial charge in [-0.3, -0.25) is 4.79 Å². The molecule has 0 radical (unpaired) electrons. The van der Waals surface area contributed by atoms with E-state index in [1.54, 1.807) is 6.07 Å². The predicted molar refractivity (Wildman–Crippen MR) is 127 cm³/mol. The maximum atomic E-state index is 12.7. The van der Waals surface area contributed by atoms with Gasteiger partial charge in [0, 0.05) is 16.3 Å². The summed E-state index contributed by atoms with van der Waals surface area (Å²) in [6.45, 7) is 0.240. The van der Waals surface area contributed by atoms with E-state index in [4.69, 9.17) is 27.9 Å². The van der Waals surface area contributed by atoms with Crippen LogP contribution in [0.5, 0.6) is 5.75 Å². The van der Waals surface area contributed by atoms with Crippen LogP contribution in [-0.2, 0) is 16.1 Å². The Morgan fingerprint density at radius 1 is 1.06 bits per heavy atom. The van der Waals surface area contributed by atoms with Crippen LogP contribution in [0.25, 0.3) is 6.08 Å². The van der Waals surface area contributed by atoms with Crippen molar-refractivity contribution in [3.05, 3.63) is 99.0 Å². The van der Waals surface area contributed by atoms with Gasteiger partial charge in [0.25, 0.3) is 5.91 Å². The van der Waals surface area contributed by atoms with E-state index in [0.29, 0.717) is 27.6 Å². The zero-order valence-corrected chi connectivity index (χ0v) is 19.0. The zero-order chi connectivity index (χ0) is 23.8. The standard InChI is InChI=1S/C25H18Cl2N2O4/c1-32-25(31)17-7-9-21(10-8-17)29-24(30)19(14-28)11-18-12-20(26)13-22(27)23(18)33-15-16-5-3-2-4-6-16/h2-13H,15H2,1H3,(H,29,30)/b19-11+. The number of carbonyl (C=O) groups is 2. The molecule has 0 aliphatic rings. The van der Waals surface area contributed by atoms with Crippen LogP contribution < -0.4 is 10.1 Å². The molecule has 0 atom stereocenters. The molecule has 0 unspecified atom stereocenters. The highest BCUT2D eigenvalue weighted by Crippen LogP contribution is 2.34. The van der Waals surface area contributed by atoms with Crippen LogP contribution in [0.15, 0.2) is 72.3 Å². The third-order valence-electron chi connectivity index (χ3n) is 4.49. The van der Waals surface area contributed by atoms with Crippen LogP contribution in [0.4, 0.5) is 5.69 Å². The first-order valence-corrected chi connectivity index (χ1v) is 10.4. The molecule has 0 saturated carbocycles. The summed E-state index contributed by atoms with van der Waals surface area (Å²) in [5.74, 6) is -0.840. The van der Waals surface area contributed by atoms with Gasteiger partial charge in [-0.1, -0.05) is 53.5 Å². The van der Waals surface area contributed by atoms with Crippen molar-refractivity contribution in [3.63, 3.8) is 0 Å². The van der Waals surface area contributed by atoms with E-state index in [-0.39, 0.29) is 17.2 Å². The van der Waals surface area contributed by atoms with Gasteiger partial charge in [0.2, 0.25) is 0 Å². The summed E-state index contributed by atoms with van der Waals surface area (Å²) in [7, 11) is 1.28. The van der Waals surface area contributed by atoms with E-state index < -0.39 is 11.9 Å². The fraction of sp³-hybridized carbons (Fsp3) is 0.0800. The highest BCUT2D eigenvalue weighted by Gasteiger charge is 2.15. The third kappa shape index (κ3) is 6.36. The average Bonchev–Trinajstić information content (AvgIpc) is 2.82. The first-order valence-electron chi connectivity index (χ1n) is 9.68. The maximum absolute atomic E-state index is 12.7. The first kappa shape index (κ1) is 23.9. The van der Waals surface area contributed by atoms with Gasteiger partial charge in [0.15, 0.2) is 0 Å². The van der Waals surface area contributed by atoms with E-state index in [9.17, 15) is 14.9 Å². The lowest BCUT2D eigenvalue weighted by Crippen LogP contribution is -2.13. The molecule has 0 heterocycles. The van der Waals surface area contributed by atoms with E-state index >= 15 is 0 Å². The number of hydrogen-bond donors (Lipinski definition) is 1. The Morgan fingerprint density at radius 3 is 2.39 bits per heavy atom. The number of nitrogens with one attached hydrogen (secondary N) is 1. The van der Waals surface area contributed by atoms with Gasteiger partial charge in [-0.15, -0.1) is 0 Å². The molecule has 3 aromatic rings. The number of carbonyl (C=O) groups excluding carboxylic acids is 2. The molecule has 166 valence electrons. The SMILES string of the molecule is COC(=O)c1ccc(NC(=O)/C(C#N)=C/c2cc(Cl)cc(Cl)c2OCc2ccccc2)cc1. The Kier molecular flexibility index (Phi) is 8.09. The van der Waals surface area contributed by atoms with E-state index in [1.165, 1.54) is 43.5 Å². The molecular formula is C25H18Cl2N2O4. The van der Waals surface area contributed by atoms with Crippen LogP contribution in [-0.4, -0.2) is 19.0 Å². The number of methoxy groups -OCH3 is 1. The Bertz CT molecular complexity index is 1230. The van der Waals surface area contributed by atoms with E-state index in [1.807, 2.05) is 36.4 Å². The summed E-state index contributed by atoms with van der Waals surface area (Å²) < 4.78 is 10.5. The molecule has 0 bridgehead atoms. The molecule has 3 rings (SSSR count). The van der Waals surface area contributed by atoms with Crippen LogP contribution >= 0.6 is 23.2 Å². The van der Waals surface area contributed by atoms with Gasteiger partial charge in [0.1, 0.15) is 24.0 Å². The van der Waals surface area contributed by atoms with Crippen molar-refractivity contribution in [2.75, 3.05) is 12.4 Å². The van der Waals surface area contributed by atoms with Crippen LogP contribution in [0, 0.1) is 11.3 Å². The number of benzene rings is 3. The number of amides is 1. The average molecular weight is 481 g/mol. The molecule has 0 aromatic heterocycles. The summed E-state index contributed by atoms with van der Waals surface area (Å²) in [5.41, 5.74) is 1.86. The highest BCUT2D eigenvalue weighted by atomic mass is 35.5. The quantitative estimate of drug-likeness (QED) is 0.258. The molecule has 0 fully saturated rings. The molecule has 3 aromatic carbocycles.